The van der Waals surface area contributed by atoms with Crippen LogP contribution in [-0.4, -0.2) is 40.6 Å². The second-order valence-corrected chi connectivity index (χ2v) is 7.65. The Kier molecular flexibility index (Phi) is 5.31. The normalized spacial score (nSPS) is 15.7. The number of aryl methyl sites for hydroxylation is 1. The molecule has 0 atom stereocenters. The van der Waals surface area contributed by atoms with Gasteiger partial charge in [-0.15, -0.1) is 10.2 Å². The first-order chi connectivity index (χ1) is 13.2. The summed E-state index contributed by atoms with van der Waals surface area (Å²) in [4.78, 5) is 14.5. The number of carbonyl (C=O) groups excluding carboxylic acids is 1. The van der Waals surface area contributed by atoms with Crippen LogP contribution in [0, 0.1) is 6.92 Å². The lowest BCUT2D eigenvalue weighted by Gasteiger charge is -2.29. The van der Waals surface area contributed by atoms with Gasteiger partial charge < -0.3 is 9.73 Å². The molecule has 1 aliphatic heterocycles. The Bertz CT molecular complexity index is 898. The molecular formula is C20H22N4O2S. The number of anilines is 1. The largest absolute Gasteiger partial charge is 0.420 e. The summed E-state index contributed by atoms with van der Waals surface area (Å²) in [5, 5.41) is 15.4. The average Bonchev–Trinajstić information content (AvgIpc) is 3.36. The highest BCUT2D eigenvalue weighted by atomic mass is 32.1. The molecule has 0 spiro atoms. The van der Waals surface area contributed by atoms with Crippen molar-refractivity contribution in [3.05, 3.63) is 52.5 Å². The van der Waals surface area contributed by atoms with Gasteiger partial charge in [0.05, 0.1) is 6.54 Å². The van der Waals surface area contributed by atoms with E-state index in [-0.39, 0.29) is 11.8 Å². The van der Waals surface area contributed by atoms with Gasteiger partial charge in [-0.1, -0.05) is 18.2 Å². The van der Waals surface area contributed by atoms with E-state index in [2.05, 4.69) is 20.4 Å². The average molecular weight is 382 g/mol. The van der Waals surface area contributed by atoms with Crippen molar-refractivity contribution in [3.63, 3.8) is 0 Å². The Morgan fingerprint density at radius 2 is 2.07 bits per heavy atom. The van der Waals surface area contributed by atoms with Crippen molar-refractivity contribution in [2.24, 2.45) is 0 Å². The summed E-state index contributed by atoms with van der Waals surface area (Å²) >= 11 is 1.61. The van der Waals surface area contributed by atoms with E-state index >= 15 is 0 Å². The summed E-state index contributed by atoms with van der Waals surface area (Å²) in [6, 6.07) is 9.81. The lowest BCUT2D eigenvalue weighted by Crippen LogP contribution is -2.38. The molecule has 1 fully saturated rings. The van der Waals surface area contributed by atoms with Crippen LogP contribution in [-0.2, 0) is 4.79 Å². The van der Waals surface area contributed by atoms with Crippen LogP contribution in [0.4, 0.5) is 5.69 Å². The molecule has 0 radical (unpaired) electrons. The number of aromatic nitrogens is 2. The molecule has 1 amide bonds. The number of amides is 1. The van der Waals surface area contributed by atoms with Crippen LogP contribution in [0.15, 0.2) is 45.5 Å². The second kappa shape index (κ2) is 8.02. The maximum Gasteiger partial charge on any atom is 0.248 e. The first-order valence-corrected chi connectivity index (χ1v) is 10.1. The lowest BCUT2D eigenvalue weighted by molar-refractivity contribution is -0.117. The number of benzene rings is 1. The fourth-order valence-corrected chi connectivity index (χ4v) is 3.98. The molecule has 0 bridgehead atoms. The van der Waals surface area contributed by atoms with Gasteiger partial charge in [0.25, 0.3) is 0 Å². The molecule has 1 aliphatic rings. The van der Waals surface area contributed by atoms with Crippen molar-refractivity contribution in [3.8, 4) is 11.5 Å². The van der Waals surface area contributed by atoms with E-state index in [0.29, 0.717) is 18.3 Å². The van der Waals surface area contributed by atoms with E-state index in [0.717, 1.165) is 42.7 Å². The van der Waals surface area contributed by atoms with E-state index < -0.39 is 0 Å². The maximum absolute atomic E-state index is 12.3. The molecule has 1 aromatic carbocycles. The summed E-state index contributed by atoms with van der Waals surface area (Å²) in [7, 11) is 0. The predicted octanol–water partition coefficient (Wildman–Crippen LogP) is 3.92. The van der Waals surface area contributed by atoms with Gasteiger partial charge in [-0.2, -0.15) is 11.3 Å². The minimum Gasteiger partial charge on any atom is -0.420 e. The fraction of sp³-hybridized carbons (Fsp3) is 0.350. The smallest absolute Gasteiger partial charge is 0.248 e. The molecule has 1 saturated heterocycles. The zero-order chi connectivity index (χ0) is 18.6. The number of nitrogens with zero attached hydrogens (tertiary/aromatic N) is 3. The SMILES string of the molecule is Cc1ccccc1NC(=O)CN1CCC(c2nnc(-c3ccsc3)o2)CC1. The second-order valence-electron chi connectivity index (χ2n) is 6.87. The van der Waals surface area contributed by atoms with Crippen LogP contribution in [0.5, 0.6) is 0 Å². The standard InChI is InChI=1S/C20H22N4O2S/c1-14-4-2-3-5-17(14)21-18(25)12-24-9-6-15(7-10-24)19-22-23-20(26-19)16-8-11-27-13-16/h2-5,8,11,13,15H,6-7,9-10,12H2,1H3,(H,21,25). The summed E-state index contributed by atoms with van der Waals surface area (Å²) < 4.78 is 5.86. The van der Waals surface area contributed by atoms with Gasteiger partial charge in [0.15, 0.2) is 0 Å². The van der Waals surface area contributed by atoms with Gasteiger partial charge in [-0.3, -0.25) is 9.69 Å². The van der Waals surface area contributed by atoms with Crippen LogP contribution < -0.4 is 5.32 Å². The zero-order valence-electron chi connectivity index (χ0n) is 15.2. The van der Waals surface area contributed by atoms with Gasteiger partial charge in [0, 0.05) is 22.5 Å². The first kappa shape index (κ1) is 17.9. The lowest BCUT2D eigenvalue weighted by atomic mass is 9.97. The molecule has 0 saturated carbocycles. The number of likely N-dealkylation sites (tertiary alicyclic amines) is 1. The highest BCUT2D eigenvalue weighted by Gasteiger charge is 2.26. The third-order valence-electron chi connectivity index (χ3n) is 4.93. The molecular weight excluding hydrogens is 360 g/mol. The monoisotopic (exact) mass is 382 g/mol. The molecule has 7 heteroatoms. The number of hydrogen-bond acceptors (Lipinski definition) is 6. The van der Waals surface area contributed by atoms with E-state index in [9.17, 15) is 4.79 Å². The number of rotatable bonds is 5. The van der Waals surface area contributed by atoms with Gasteiger partial charge >= 0.3 is 0 Å². The van der Waals surface area contributed by atoms with Crippen LogP contribution in [0.3, 0.4) is 0 Å². The van der Waals surface area contributed by atoms with Crippen LogP contribution >= 0.6 is 11.3 Å². The topological polar surface area (TPSA) is 71.3 Å². The molecule has 1 N–H and O–H groups in total. The Morgan fingerprint density at radius 1 is 1.26 bits per heavy atom. The van der Waals surface area contributed by atoms with Gasteiger partial charge in [0.1, 0.15) is 0 Å². The number of thiophene rings is 1. The Balaban J connectivity index is 1.29. The number of hydrogen-bond donors (Lipinski definition) is 1. The number of nitrogens with one attached hydrogen (secondary N) is 1. The van der Waals surface area contributed by atoms with Crippen molar-refractivity contribution in [2.45, 2.75) is 25.7 Å². The molecule has 4 rings (SSSR count). The van der Waals surface area contributed by atoms with E-state index in [4.69, 9.17) is 4.42 Å². The molecule has 3 aromatic rings. The van der Waals surface area contributed by atoms with Crippen molar-refractivity contribution >= 4 is 22.9 Å². The molecule has 6 nitrogen and oxygen atoms in total. The van der Waals surface area contributed by atoms with Crippen LogP contribution in [0.25, 0.3) is 11.5 Å². The Hall–Kier alpha value is -2.51. The first-order valence-electron chi connectivity index (χ1n) is 9.13. The Labute approximate surface area is 162 Å². The Morgan fingerprint density at radius 3 is 2.81 bits per heavy atom. The maximum atomic E-state index is 12.3. The number of carbonyl (C=O) groups is 1. The molecule has 2 aromatic heterocycles. The molecule has 27 heavy (non-hydrogen) atoms. The van der Waals surface area contributed by atoms with Gasteiger partial charge in [0.2, 0.25) is 17.7 Å². The van der Waals surface area contributed by atoms with Gasteiger partial charge in [-0.05, 0) is 55.9 Å². The van der Waals surface area contributed by atoms with Gasteiger partial charge in [-0.25, -0.2) is 0 Å². The molecule has 3 heterocycles. The summed E-state index contributed by atoms with van der Waals surface area (Å²) in [6.07, 6.45) is 1.84. The van der Waals surface area contributed by atoms with Crippen molar-refractivity contribution in [2.75, 3.05) is 25.0 Å². The highest BCUT2D eigenvalue weighted by molar-refractivity contribution is 7.08. The fourth-order valence-electron chi connectivity index (χ4n) is 3.35. The van der Waals surface area contributed by atoms with Crippen LogP contribution in [0.2, 0.25) is 0 Å². The highest BCUT2D eigenvalue weighted by Crippen LogP contribution is 2.29. The minimum absolute atomic E-state index is 0.0280. The van der Waals surface area contributed by atoms with Crippen molar-refractivity contribution in [1.29, 1.82) is 0 Å². The summed E-state index contributed by atoms with van der Waals surface area (Å²) in [6.45, 7) is 4.10. The summed E-state index contributed by atoms with van der Waals surface area (Å²) in [5.41, 5.74) is 2.93. The third kappa shape index (κ3) is 4.26. The van der Waals surface area contributed by atoms with E-state index in [1.165, 1.54) is 0 Å². The van der Waals surface area contributed by atoms with Crippen molar-refractivity contribution in [1.82, 2.24) is 15.1 Å². The number of piperidine rings is 1. The van der Waals surface area contributed by atoms with Crippen molar-refractivity contribution < 1.29 is 9.21 Å². The molecule has 0 unspecified atom stereocenters. The minimum atomic E-state index is 0.0280. The molecule has 0 aliphatic carbocycles. The number of para-hydroxylation sites is 1. The third-order valence-corrected chi connectivity index (χ3v) is 5.62. The quantitative estimate of drug-likeness (QED) is 0.724. The van der Waals surface area contributed by atoms with E-state index in [1.54, 1.807) is 11.3 Å². The van der Waals surface area contributed by atoms with E-state index in [1.807, 2.05) is 48.0 Å². The predicted molar refractivity (Wildman–Crippen MR) is 106 cm³/mol. The van der Waals surface area contributed by atoms with Crippen LogP contribution in [0.1, 0.15) is 30.2 Å². The molecule has 140 valence electrons. The zero-order valence-corrected chi connectivity index (χ0v) is 16.0. The summed E-state index contributed by atoms with van der Waals surface area (Å²) in [5.74, 6) is 1.59.